The standard InChI is InChI=1S/C25H30N.C20H20N/c1-18-14-19(2)23(15-22(18)21-10-8-7-9-11-21)24-13-12-20(17-26(24)6)16-25(3,4)5;1-15-13-16(2)19(20-11-7-8-12-21(20)3)14-18(15)17-9-5-4-6-10-17/h7-15,17H,16H2,1-6H3;4-14H,1-3H3/q2*+1/i1D3,7D,8D,9D,10D,11D,16D2;1D3,4D,5D,6D,9D,10D. The van der Waals surface area contributed by atoms with Crippen LogP contribution in [-0.2, 0) is 20.5 Å². The van der Waals surface area contributed by atoms with Gasteiger partial charge >= 0.3 is 0 Å². The minimum atomic E-state index is -2.59. The molecule has 0 fully saturated rings. The largest absolute Gasteiger partial charge is 0.212 e. The van der Waals surface area contributed by atoms with E-state index in [-0.39, 0.29) is 33.4 Å². The molecule has 2 nitrogen and oxygen atoms in total. The van der Waals surface area contributed by atoms with Crippen LogP contribution in [0.2, 0.25) is 0 Å². The van der Waals surface area contributed by atoms with E-state index in [2.05, 4.69) is 0 Å². The molecular formula is C45H50N2+2. The fourth-order valence-electron chi connectivity index (χ4n) is 5.35. The van der Waals surface area contributed by atoms with E-state index in [9.17, 15) is 0 Å². The summed E-state index contributed by atoms with van der Waals surface area (Å²) in [6.07, 6.45) is 1.94. The van der Waals surface area contributed by atoms with Crippen LogP contribution < -0.4 is 9.13 Å². The second-order valence-electron chi connectivity index (χ2n) is 12.4. The van der Waals surface area contributed by atoms with Gasteiger partial charge in [0.1, 0.15) is 14.1 Å². The van der Waals surface area contributed by atoms with E-state index >= 15 is 0 Å². The first-order chi connectivity index (χ1) is 29.7. The van der Waals surface area contributed by atoms with Gasteiger partial charge in [-0.3, -0.25) is 0 Å². The van der Waals surface area contributed by atoms with Gasteiger partial charge in [0, 0.05) is 45.9 Å². The molecule has 0 saturated heterocycles. The highest BCUT2D eigenvalue weighted by Crippen LogP contribution is 2.32. The van der Waals surface area contributed by atoms with Gasteiger partial charge < -0.3 is 0 Å². The number of hydrogen-bond acceptors (Lipinski definition) is 0. The van der Waals surface area contributed by atoms with E-state index < -0.39 is 85.9 Å². The third-order valence-electron chi connectivity index (χ3n) is 7.53. The molecule has 4 aromatic carbocycles. The summed E-state index contributed by atoms with van der Waals surface area (Å²) < 4.78 is 150. The molecule has 0 radical (unpaired) electrons. The van der Waals surface area contributed by atoms with Crippen LogP contribution in [0.25, 0.3) is 44.8 Å². The zero-order valence-corrected chi connectivity index (χ0v) is 27.7. The lowest BCUT2D eigenvalue weighted by Crippen LogP contribution is -2.32. The summed E-state index contributed by atoms with van der Waals surface area (Å²) in [5.41, 5.74) is 3.72. The predicted molar refractivity (Wildman–Crippen MR) is 199 cm³/mol. The van der Waals surface area contributed by atoms with E-state index in [1.165, 1.54) is 12.1 Å². The number of rotatable bonds is 5. The topological polar surface area (TPSA) is 7.76 Å². The fraction of sp³-hybridized carbons (Fsp3) is 0.244. The van der Waals surface area contributed by atoms with Gasteiger partial charge in [-0.2, -0.15) is 0 Å². The lowest BCUT2D eigenvalue weighted by atomic mass is 9.88. The molecule has 0 aliphatic rings. The smallest absolute Gasteiger partial charge is 0.201 e. The van der Waals surface area contributed by atoms with E-state index in [1.807, 2.05) is 56.8 Å². The molecule has 2 heterocycles. The first-order valence-corrected chi connectivity index (χ1v) is 15.2. The van der Waals surface area contributed by atoms with Crippen molar-refractivity contribution >= 4 is 0 Å². The number of nitrogens with zero attached hydrogens (tertiary/aromatic N) is 2. The molecule has 0 aliphatic heterocycles. The second kappa shape index (κ2) is 14.3. The normalized spacial score (nSPS) is 17.5. The van der Waals surface area contributed by atoms with E-state index in [1.54, 1.807) is 55.9 Å². The molecule has 0 aliphatic carbocycles. The Kier molecular flexibility index (Phi) is 5.28. The summed E-state index contributed by atoms with van der Waals surface area (Å²) >= 11 is 0. The van der Waals surface area contributed by atoms with Crippen molar-refractivity contribution < 1.29 is 33.8 Å². The molecule has 0 N–H and O–H groups in total. The van der Waals surface area contributed by atoms with Gasteiger partial charge in [-0.1, -0.05) is 93.3 Å². The summed E-state index contributed by atoms with van der Waals surface area (Å²) in [6.45, 7) is 3.92. The van der Waals surface area contributed by atoms with E-state index in [4.69, 9.17) is 24.7 Å². The van der Waals surface area contributed by atoms with Gasteiger partial charge in [0.15, 0.2) is 12.4 Å². The molecule has 6 rings (SSSR count). The van der Waals surface area contributed by atoms with Crippen molar-refractivity contribution in [1.82, 2.24) is 0 Å². The van der Waals surface area contributed by atoms with Crippen molar-refractivity contribution in [3.63, 3.8) is 0 Å². The number of aromatic nitrogens is 2. The minimum absolute atomic E-state index is 0.0432. The number of hydrogen-bond donors (Lipinski definition) is 0. The summed E-state index contributed by atoms with van der Waals surface area (Å²) in [5.74, 6) is 0. The van der Waals surface area contributed by atoms with Crippen LogP contribution in [0.4, 0.5) is 0 Å². The molecule has 2 aromatic heterocycles. The SMILES string of the molecule is [2H]c1c([2H])c([2H])c(-c2cc(-c3ccc(C([2H])([2H])C(C)(C)C)c[n+]3C)c(C)cc2C([2H])([2H])[2H])c([2H])c1[2H].[2H]c1c([2H])c([2H])c(-c2cc(-c3cccc[n+]3C)c(C)cc2C([2H])([2H])[2H])c([2H])c1[2H]. The van der Waals surface area contributed by atoms with Crippen LogP contribution in [0.3, 0.4) is 0 Å². The first-order valence-electron chi connectivity index (χ1n) is 24.2. The first kappa shape index (κ1) is 17.4. The van der Waals surface area contributed by atoms with Crippen LogP contribution >= 0.6 is 0 Å². The average molecular weight is 637 g/mol. The zero-order valence-electron chi connectivity index (χ0n) is 45.7. The Hall–Kier alpha value is -4.82. The van der Waals surface area contributed by atoms with Gasteiger partial charge in [0.05, 0.1) is 13.7 Å². The highest BCUT2D eigenvalue weighted by molar-refractivity contribution is 5.76. The van der Waals surface area contributed by atoms with Crippen molar-refractivity contribution in [2.75, 3.05) is 0 Å². The zero-order chi connectivity index (χ0) is 49.2. The van der Waals surface area contributed by atoms with Crippen LogP contribution in [0.1, 0.15) is 73.3 Å². The molecular weight excluding hydrogens is 569 g/mol. The minimum Gasteiger partial charge on any atom is -0.201 e. The third kappa shape index (κ3) is 8.13. The number of pyridine rings is 2. The summed E-state index contributed by atoms with van der Waals surface area (Å²) in [6, 6.07) is 10.3. The molecule has 2 heteroatoms. The lowest BCUT2D eigenvalue weighted by Gasteiger charge is -2.17. The Bertz CT molecular complexity index is 2800. The van der Waals surface area contributed by atoms with Crippen molar-refractivity contribution in [2.45, 2.75) is 54.7 Å². The second-order valence-corrected chi connectivity index (χ2v) is 12.4. The van der Waals surface area contributed by atoms with Crippen molar-refractivity contribution in [3.05, 3.63) is 155 Å². The van der Waals surface area contributed by atoms with Crippen molar-refractivity contribution in [2.24, 2.45) is 19.5 Å². The monoisotopic (exact) mass is 637 g/mol. The van der Waals surface area contributed by atoms with Crippen molar-refractivity contribution in [3.8, 4) is 44.8 Å². The molecule has 0 saturated carbocycles. The van der Waals surface area contributed by atoms with Crippen LogP contribution in [0, 0.1) is 33.0 Å². The van der Waals surface area contributed by atoms with Gasteiger partial charge in [-0.25, -0.2) is 9.13 Å². The van der Waals surface area contributed by atoms with Gasteiger partial charge in [-0.05, 0) is 108 Å². The van der Waals surface area contributed by atoms with E-state index in [0.29, 0.717) is 27.9 Å². The molecule has 238 valence electrons. The highest BCUT2D eigenvalue weighted by atomic mass is 14.9. The van der Waals surface area contributed by atoms with Crippen LogP contribution in [0.5, 0.6) is 0 Å². The molecule has 47 heavy (non-hydrogen) atoms. The number of aryl methyl sites for hydroxylation is 6. The lowest BCUT2D eigenvalue weighted by molar-refractivity contribution is -0.660. The van der Waals surface area contributed by atoms with Gasteiger partial charge in [0.2, 0.25) is 11.4 Å². The summed E-state index contributed by atoms with van der Waals surface area (Å²) in [7, 11) is 3.62. The Morgan fingerprint density at radius 1 is 0.617 bits per heavy atom. The molecule has 0 atom stereocenters. The Balaban J connectivity index is 0.000000250. The predicted octanol–water partition coefficient (Wildman–Crippen LogP) is 10.5. The van der Waals surface area contributed by atoms with Crippen LogP contribution in [0.15, 0.2) is 127 Å². The molecule has 6 aromatic rings. The Morgan fingerprint density at radius 3 is 1.57 bits per heavy atom. The van der Waals surface area contributed by atoms with E-state index in [0.717, 1.165) is 11.3 Å². The van der Waals surface area contributed by atoms with Crippen molar-refractivity contribution in [1.29, 1.82) is 0 Å². The van der Waals surface area contributed by atoms with Gasteiger partial charge in [-0.15, -0.1) is 0 Å². The molecule has 0 spiro atoms. The average Bonchev–Trinajstić information content (AvgIpc) is 3.21. The summed E-state index contributed by atoms with van der Waals surface area (Å²) in [5, 5.41) is 0. The molecule has 0 amide bonds. The maximum Gasteiger partial charge on any atom is 0.212 e. The number of benzene rings is 4. The quantitative estimate of drug-likeness (QED) is 0.166. The maximum atomic E-state index is 8.58. The summed E-state index contributed by atoms with van der Waals surface area (Å²) in [4.78, 5) is 0. The Labute approximate surface area is 308 Å². The third-order valence-corrected chi connectivity index (χ3v) is 7.53. The Morgan fingerprint density at radius 2 is 1.13 bits per heavy atom. The molecule has 0 unspecified atom stereocenters. The van der Waals surface area contributed by atoms with Crippen LogP contribution in [-0.4, -0.2) is 0 Å². The van der Waals surface area contributed by atoms with Gasteiger partial charge in [0.25, 0.3) is 0 Å². The fourth-order valence-corrected chi connectivity index (χ4v) is 5.35. The maximum absolute atomic E-state index is 8.58. The highest BCUT2D eigenvalue weighted by Gasteiger charge is 2.19. The molecule has 0 bridgehead atoms.